The zero-order valence-electron chi connectivity index (χ0n) is 9.44. The molecule has 0 bridgehead atoms. The molecule has 0 aromatic carbocycles. The van der Waals surface area contributed by atoms with Gasteiger partial charge in [-0.15, -0.1) is 0 Å². The van der Waals surface area contributed by atoms with Crippen LogP contribution in [0.5, 0.6) is 0 Å². The van der Waals surface area contributed by atoms with Gasteiger partial charge in [-0.1, -0.05) is 29.5 Å². The van der Waals surface area contributed by atoms with Gasteiger partial charge in [-0.05, 0) is 12.3 Å². The molecule has 0 aliphatic carbocycles. The molecule has 0 N–H and O–H groups in total. The maximum absolute atomic E-state index is 11.5. The molecule has 1 heterocycles. The van der Waals surface area contributed by atoms with Crippen molar-refractivity contribution in [1.29, 1.82) is 0 Å². The van der Waals surface area contributed by atoms with Gasteiger partial charge in [0, 0.05) is 6.92 Å². The highest BCUT2D eigenvalue weighted by molar-refractivity contribution is 14.1. The number of alkyl halides is 1. The SMILES string of the molecule is COC(=O)[C@H]1OC(I)CC(C)[C@@H]1OC(C)=O. The summed E-state index contributed by atoms with van der Waals surface area (Å²) in [5, 5.41) is 0. The number of ether oxygens (including phenoxy) is 3. The average Bonchev–Trinajstić information content (AvgIpc) is 2.20. The summed E-state index contributed by atoms with van der Waals surface area (Å²) in [6.07, 6.45) is -0.637. The van der Waals surface area contributed by atoms with Crippen LogP contribution in [0.25, 0.3) is 0 Å². The summed E-state index contributed by atoms with van der Waals surface area (Å²) < 4.78 is 15.2. The first-order chi connectivity index (χ1) is 7.45. The minimum atomic E-state index is -0.820. The summed E-state index contributed by atoms with van der Waals surface area (Å²) in [6.45, 7) is 3.24. The van der Waals surface area contributed by atoms with Crippen molar-refractivity contribution in [3.63, 3.8) is 0 Å². The number of halogens is 1. The first kappa shape index (κ1) is 13.7. The number of hydrogen-bond donors (Lipinski definition) is 0. The summed E-state index contributed by atoms with van der Waals surface area (Å²) in [7, 11) is 1.29. The summed E-state index contributed by atoms with van der Waals surface area (Å²) in [4.78, 5) is 22.5. The Morgan fingerprint density at radius 1 is 1.44 bits per heavy atom. The van der Waals surface area contributed by atoms with Gasteiger partial charge in [0.2, 0.25) is 0 Å². The van der Waals surface area contributed by atoms with Gasteiger partial charge in [-0.3, -0.25) is 4.79 Å². The number of carbonyl (C=O) groups is 2. The topological polar surface area (TPSA) is 61.8 Å². The fourth-order valence-electron chi connectivity index (χ4n) is 1.69. The summed E-state index contributed by atoms with van der Waals surface area (Å²) in [5.41, 5.74) is 0. The molecule has 0 aromatic heterocycles. The van der Waals surface area contributed by atoms with E-state index in [-0.39, 0.29) is 10.0 Å². The second kappa shape index (κ2) is 5.81. The van der Waals surface area contributed by atoms with Gasteiger partial charge in [0.1, 0.15) is 10.2 Å². The summed E-state index contributed by atoms with van der Waals surface area (Å²) in [5.74, 6) is -0.843. The van der Waals surface area contributed by atoms with E-state index >= 15 is 0 Å². The van der Waals surface area contributed by atoms with E-state index in [9.17, 15) is 9.59 Å². The molecule has 1 saturated heterocycles. The molecule has 6 heteroatoms. The molecular weight excluding hydrogens is 327 g/mol. The van der Waals surface area contributed by atoms with Crippen molar-refractivity contribution in [1.82, 2.24) is 0 Å². The van der Waals surface area contributed by atoms with Gasteiger partial charge in [0.25, 0.3) is 0 Å². The van der Waals surface area contributed by atoms with E-state index < -0.39 is 24.1 Å². The van der Waals surface area contributed by atoms with E-state index in [0.717, 1.165) is 6.42 Å². The summed E-state index contributed by atoms with van der Waals surface area (Å²) in [6, 6.07) is 0. The molecule has 1 aliphatic rings. The van der Waals surface area contributed by atoms with Crippen molar-refractivity contribution in [2.75, 3.05) is 7.11 Å². The zero-order chi connectivity index (χ0) is 12.3. The third kappa shape index (κ3) is 3.31. The fourth-order valence-corrected chi connectivity index (χ4v) is 2.81. The van der Waals surface area contributed by atoms with Crippen LogP contribution in [0.1, 0.15) is 20.3 Å². The highest BCUT2D eigenvalue weighted by atomic mass is 127. The minimum absolute atomic E-state index is 0.0662. The first-order valence-corrected chi connectivity index (χ1v) is 6.24. The molecule has 0 amide bonds. The molecule has 4 atom stereocenters. The van der Waals surface area contributed by atoms with E-state index in [0.29, 0.717) is 0 Å². The lowest BCUT2D eigenvalue weighted by atomic mass is 9.94. The third-order valence-electron chi connectivity index (χ3n) is 2.45. The van der Waals surface area contributed by atoms with Crippen molar-refractivity contribution in [3.8, 4) is 0 Å². The lowest BCUT2D eigenvalue weighted by Crippen LogP contribution is -2.49. The predicted octanol–water partition coefficient (Wildman–Crippen LogP) is 1.28. The molecule has 0 radical (unpaired) electrons. The van der Waals surface area contributed by atoms with Crippen LogP contribution in [-0.4, -0.2) is 35.4 Å². The third-order valence-corrected chi connectivity index (χ3v) is 3.25. The first-order valence-electron chi connectivity index (χ1n) is 5.00. The number of rotatable bonds is 2. The van der Waals surface area contributed by atoms with Crippen molar-refractivity contribution in [2.45, 2.75) is 36.6 Å². The molecule has 92 valence electrons. The Labute approximate surface area is 108 Å². The Morgan fingerprint density at radius 2 is 2.06 bits per heavy atom. The van der Waals surface area contributed by atoms with Crippen molar-refractivity contribution < 1.29 is 23.8 Å². The lowest BCUT2D eigenvalue weighted by Gasteiger charge is -2.36. The molecule has 0 saturated carbocycles. The second-order valence-electron chi connectivity index (χ2n) is 3.78. The number of methoxy groups -OCH3 is 1. The standard InChI is InChI=1S/C10H15IO5/c1-5-4-7(11)16-9(10(13)14-3)8(5)15-6(2)12/h5,7-9H,4H2,1-3H3/t5?,7?,8-,9-/m0/s1. The van der Waals surface area contributed by atoms with Crippen molar-refractivity contribution in [2.24, 2.45) is 5.92 Å². The molecule has 1 fully saturated rings. The molecule has 1 aliphatic heterocycles. The maximum atomic E-state index is 11.5. The molecule has 0 aromatic rings. The molecule has 16 heavy (non-hydrogen) atoms. The van der Waals surface area contributed by atoms with Gasteiger partial charge in [0.15, 0.2) is 6.10 Å². The van der Waals surface area contributed by atoms with Crippen LogP contribution in [0.2, 0.25) is 0 Å². The van der Waals surface area contributed by atoms with E-state index in [1.54, 1.807) is 0 Å². The van der Waals surface area contributed by atoms with Gasteiger partial charge >= 0.3 is 11.9 Å². The van der Waals surface area contributed by atoms with E-state index in [1.807, 2.05) is 6.92 Å². The fraction of sp³-hybridized carbons (Fsp3) is 0.800. The lowest BCUT2D eigenvalue weighted by molar-refractivity contribution is -0.186. The highest BCUT2D eigenvalue weighted by Gasteiger charge is 2.42. The molecule has 5 nitrogen and oxygen atoms in total. The Balaban J connectivity index is 2.80. The van der Waals surface area contributed by atoms with Crippen LogP contribution in [0.15, 0.2) is 0 Å². The van der Waals surface area contributed by atoms with E-state index in [4.69, 9.17) is 9.47 Å². The molecule has 0 spiro atoms. The maximum Gasteiger partial charge on any atom is 0.338 e. The van der Waals surface area contributed by atoms with Crippen molar-refractivity contribution in [3.05, 3.63) is 0 Å². The predicted molar refractivity (Wildman–Crippen MR) is 64.0 cm³/mol. The van der Waals surface area contributed by atoms with Crippen LogP contribution >= 0.6 is 22.6 Å². The van der Waals surface area contributed by atoms with Crippen LogP contribution in [0.4, 0.5) is 0 Å². The van der Waals surface area contributed by atoms with Gasteiger partial charge in [-0.25, -0.2) is 4.79 Å². The Kier molecular flexibility index (Phi) is 4.97. The van der Waals surface area contributed by atoms with E-state index in [1.165, 1.54) is 14.0 Å². The monoisotopic (exact) mass is 342 g/mol. The van der Waals surface area contributed by atoms with Crippen LogP contribution in [0.3, 0.4) is 0 Å². The molecule has 1 rings (SSSR count). The Bertz CT molecular complexity index is 280. The van der Waals surface area contributed by atoms with Crippen LogP contribution < -0.4 is 0 Å². The van der Waals surface area contributed by atoms with Crippen LogP contribution in [0, 0.1) is 5.92 Å². The smallest absolute Gasteiger partial charge is 0.338 e. The van der Waals surface area contributed by atoms with Crippen LogP contribution in [-0.2, 0) is 23.8 Å². The Hall–Kier alpha value is -0.370. The molecule has 2 unspecified atom stereocenters. The Morgan fingerprint density at radius 3 is 2.56 bits per heavy atom. The largest absolute Gasteiger partial charge is 0.467 e. The zero-order valence-corrected chi connectivity index (χ0v) is 11.6. The average molecular weight is 342 g/mol. The number of hydrogen-bond acceptors (Lipinski definition) is 5. The van der Waals surface area contributed by atoms with Gasteiger partial charge in [0.05, 0.1) is 7.11 Å². The summed E-state index contributed by atoms with van der Waals surface area (Å²) >= 11 is 2.11. The quantitative estimate of drug-likeness (QED) is 0.430. The van der Waals surface area contributed by atoms with Gasteiger partial charge in [-0.2, -0.15) is 0 Å². The normalized spacial score (nSPS) is 34.2. The van der Waals surface area contributed by atoms with Gasteiger partial charge < -0.3 is 14.2 Å². The highest BCUT2D eigenvalue weighted by Crippen LogP contribution is 2.31. The number of esters is 2. The number of carbonyl (C=O) groups excluding carboxylic acids is 2. The second-order valence-corrected chi connectivity index (χ2v) is 5.17. The molecular formula is C10H15IO5. The minimum Gasteiger partial charge on any atom is -0.467 e. The van der Waals surface area contributed by atoms with Crippen molar-refractivity contribution >= 4 is 34.5 Å². The van der Waals surface area contributed by atoms with E-state index in [2.05, 4.69) is 27.3 Å².